The third kappa shape index (κ3) is 4.86. The summed E-state index contributed by atoms with van der Waals surface area (Å²) in [5.41, 5.74) is 2.89. The van der Waals surface area contributed by atoms with Crippen molar-refractivity contribution < 1.29 is 9.53 Å². The van der Waals surface area contributed by atoms with Gasteiger partial charge in [-0.1, -0.05) is 49.2 Å². The molecule has 0 saturated heterocycles. The van der Waals surface area contributed by atoms with E-state index in [-0.39, 0.29) is 5.91 Å². The number of carbonyl (C=O) groups is 1. The Morgan fingerprint density at radius 3 is 2.68 bits per heavy atom. The fourth-order valence-electron chi connectivity index (χ4n) is 3.18. The van der Waals surface area contributed by atoms with Crippen molar-refractivity contribution in [3.8, 4) is 17.1 Å². The molecule has 0 bridgehead atoms. The van der Waals surface area contributed by atoms with Gasteiger partial charge in [-0.3, -0.25) is 9.20 Å². The number of benzene rings is 2. The maximum atomic E-state index is 12.6. The van der Waals surface area contributed by atoms with Gasteiger partial charge in [0.05, 0.1) is 11.6 Å². The summed E-state index contributed by atoms with van der Waals surface area (Å²) in [5.74, 6) is 1.30. The van der Waals surface area contributed by atoms with Crippen molar-refractivity contribution in [3.63, 3.8) is 0 Å². The predicted octanol–water partition coefficient (Wildman–Crippen LogP) is 5.16. The second kappa shape index (κ2) is 9.62. The zero-order valence-electron chi connectivity index (χ0n) is 17.2. The number of ether oxygens (including phenoxy) is 1. The summed E-state index contributed by atoms with van der Waals surface area (Å²) in [5, 5.41) is 12.0. The van der Waals surface area contributed by atoms with E-state index in [9.17, 15) is 4.79 Å². The van der Waals surface area contributed by atoms with Gasteiger partial charge in [0.2, 0.25) is 0 Å². The minimum atomic E-state index is -0.173. The monoisotopic (exact) mass is 434 g/mol. The molecule has 6 nitrogen and oxygen atoms in total. The van der Waals surface area contributed by atoms with Crippen LogP contribution in [0.25, 0.3) is 17.0 Å². The second-order valence-electron chi connectivity index (χ2n) is 7.18. The van der Waals surface area contributed by atoms with Gasteiger partial charge < -0.3 is 10.1 Å². The molecule has 7 heteroatoms. The highest BCUT2D eigenvalue weighted by molar-refractivity contribution is 6.33. The van der Waals surface area contributed by atoms with Gasteiger partial charge >= 0.3 is 0 Å². The molecule has 0 aliphatic heterocycles. The first kappa shape index (κ1) is 20.9. The maximum absolute atomic E-state index is 12.6. The molecule has 0 unspecified atom stereocenters. The maximum Gasteiger partial charge on any atom is 0.251 e. The lowest BCUT2D eigenvalue weighted by Gasteiger charge is -2.08. The van der Waals surface area contributed by atoms with Crippen LogP contribution < -0.4 is 10.1 Å². The molecule has 1 amide bonds. The Hall–Kier alpha value is -3.38. The summed E-state index contributed by atoms with van der Waals surface area (Å²) in [4.78, 5) is 12.6. The number of pyridine rings is 1. The number of fused-ring (bicyclic) bond motifs is 1. The topological polar surface area (TPSA) is 68.5 Å². The van der Waals surface area contributed by atoms with Crippen molar-refractivity contribution in [1.29, 1.82) is 0 Å². The lowest BCUT2D eigenvalue weighted by atomic mass is 10.2. The van der Waals surface area contributed by atoms with Crippen LogP contribution in [0.15, 0.2) is 66.9 Å². The van der Waals surface area contributed by atoms with Crippen molar-refractivity contribution in [2.45, 2.75) is 26.3 Å². The van der Waals surface area contributed by atoms with Gasteiger partial charge in [0.25, 0.3) is 5.91 Å². The molecule has 2 aromatic heterocycles. The zero-order chi connectivity index (χ0) is 21.6. The van der Waals surface area contributed by atoms with Crippen molar-refractivity contribution in [2.24, 2.45) is 0 Å². The summed E-state index contributed by atoms with van der Waals surface area (Å²) in [6.45, 7) is 3.28. The second-order valence-corrected chi connectivity index (χ2v) is 7.58. The van der Waals surface area contributed by atoms with Crippen molar-refractivity contribution in [3.05, 3.63) is 83.0 Å². The number of amides is 1. The van der Waals surface area contributed by atoms with Crippen molar-refractivity contribution in [2.75, 3.05) is 6.61 Å². The number of hydrogen-bond acceptors (Lipinski definition) is 4. The van der Waals surface area contributed by atoms with Gasteiger partial charge in [0.1, 0.15) is 5.75 Å². The molecule has 0 saturated carbocycles. The Morgan fingerprint density at radius 2 is 1.90 bits per heavy atom. The Morgan fingerprint density at radius 1 is 1.10 bits per heavy atom. The van der Waals surface area contributed by atoms with Crippen LogP contribution in [0.2, 0.25) is 5.02 Å². The van der Waals surface area contributed by atoms with E-state index in [1.54, 1.807) is 18.3 Å². The van der Waals surface area contributed by atoms with Gasteiger partial charge in [-0.2, -0.15) is 0 Å². The standard InChI is InChI=1S/C24H23ClN4O2/c1-2-3-14-31-19-10-8-17(9-11-19)16-26-24(30)18-12-13-29-22(15-18)27-28-23(29)20-6-4-5-7-21(20)25/h4-13,15H,2-3,14,16H2,1H3,(H,26,30). The van der Waals surface area contributed by atoms with Gasteiger partial charge in [0.15, 0.2) is 11.5 Å². The summed E-state index contributed by atoms with van der Waals surface area (Å²) in [7, 11) is 0. The Labute approximate surface area is 185 Å². The van der Waals surface area contributed by atoms with Crippen LogP contribution in [0.4, 0.5) is 0 Å². The molecule has 158 valence electrons. The van der Waals surface area contributed by atoms with E-state index in [1.165, 1.54) is 0 Å². The number of nitrogens with zero attached hydrogens (tertiary/aromatic N) is 3. The van der Waals surface area contributed by atoms with Crippen LogP contribution >= 0.6 is 11.6 Å². The van der Waals surface area contributed by atoms with Crippen LogP contribution in [-0.2, 0) is 6.54 Å². The average molecular weight is 435 g/mol. The van der Waals surface area contributed by atoms with Crippen molar-refractivity contribution >= 4 is 23.2 Å². The largest absolute Gasteiger partial charge is 0.494 e. The molecular formula is C24H23ClN4O2. The molecule has 1 N–H and O–H groups in total. The Bertz CT molecular complexity index is 1190. The lowest BCUT2D eigenvalue weighted by Crippen LogP contribution is -2.22. The van der Waals surface area contributed by atoms with Gasteiger partial charge in [-0.05, 0) is 48.4 Å². The lowest BCUT2D eigenvalue weighted by molar-refractivity contribution is 0.0951. The molecule has 2 aromatic carbocycles. The fourth-order valence-corrected chi connectivity index (χ4v) is 3.40. The van der Waals surface area contributed by atoms with Gasteiger partial charge in [0, 0.05) is 23.9 Å². The van der Waals surface area contributed by atoms with Crippen LogP contribution in [-0.4, -0.2) is 27.1 Å². The van der Waals surface area contributed by atoms with Gasteiger partial charge in [-0.25, -0.2) is 0 Å². The Kier molecular flexibility index (Phi) is 6.48. The third-order valence-electron chi connectivity index (χ3n) is 4.93. The van der Waals surface area contributed by atoms with Crippen LogP contribution in [0.1, 0.15) is 35.7 Å². The minimum absolute atomic E-state index is 0.173. The molecule has 4 aromatic rings. The summed E-state index contributed by atoms with van der Waals surface area (Å²) < 4.78 is 7.48. The number of halogens is 1. The Balaban J connectivity index is 1.42. The van der Waals surface area contributed by atoms with E-state index in [0.29, 0.717) is 28.6 Å². The SMILES string of the molecule is CCCCOc1ccc(CNC(=O)c2ccn3c(-c4ccccc4Cl)nnc3c2)cc1. The number of aromatic nitrogens is 3. The molecule has 4 rings (SSSR count). The molecule has 0 spiro atoms. The third-order valence-corrected chi connectivity index (χ3v) is 5.26. The molecule has 0 aliphatic carbocycles. The summed E-state index contributed by atoms with van der Waals surface area (Å²) in [6, 6.07) is 18.7. The predicted molar refractivity (Wildman–Crippen MR) is 121 cm³/mol. The van der Waals surface area contributed by atoms with E-state index < -0.39 is 0 Å². The van der Waals surface area contributed by atoms with E-state index in [1.807, 2.05) is 52.9 Å². The summed E-state index contributed by atoms with van der Waals surface area (Å²) in [6.07, 6.45) is 3.92. The highest BCUT2D eigenvalue weighted by atomic mass is 35.5. The number of unbranched alkanes of at least 4 members (excludes halogenated alkanes) is 1. The first-order valence-corrected chi connectivity index (χ1v) is 10.6. The molecule has 0 fully saturated rings. The minimum Gasteiger partial charge on any atom is -0.494 e. The number of nitrogens with one attached hydrogen (secondary N) is 1. The fraction of sp³-hybridized carbons (Fsp3) is 0.208. The van der Waals surface area contributed by atoms with E-state index in [0.717, 1.165) is 36.3 Å². The highest BCUT2D eigenvalue weighted by Crippen LogP contribution is 2.26. The smallest absolute Gasteiger partial charge is 0.251 e. The average Bonchev–Trinajstić information content (AvgIpc) is 3.22. The van der Waals surface area contributed by atoms with Crippen LogP contribution in [0.3, 0.4) is 0 Å². The molecule has 2 heterocycles. The molecular weight excluding hydrogens is 412 g/mol. The molecule has 0 radical (unpaired) electrons. The van der Waals surface area contributed by atoms with Crippen LogP contribution in [0, 0.1) is 0 Å². The first-order valence-electron chi connectivity index (χ1n) is 10.3. The van der Waals surface area contributed by atoms with Gasteiger partial charge in [-0.15, -0.1) is 10.2 Å². The zero-order valence-corrected chi connectivity index (χ0v) is 18.0. The number of carbonyl (C=O) groups excluding carboxylic acids is 1. The molecule has 0 aliphatic rings. The quantitative estimate of drug-likeness (QED) is 0.389. The van der Waals surface area contributed by atoms with E-state index in [2.05, 4.69) is 22.4 Å². The molecule has 31 heavy (non-hydrogen) atoms. The summed E-state index contributed by atoms with van der Waals surface area (Å²) >= 11 is 6.29. The molecule has 0 atom stereocenters. The normalized spacial score (nSPS) is 10.9. The first-order chi connectivity index (χ1) is 15.2. The van der Waals surface area contributed by atoms with Crippen LogP contribution in [0.5, 0.6) is 5.75 Å². The number of rotatable bonds is 8. The van der Waals surface area contributed by atoms with E-state index in [4.69, 9.17) is 16.3 Å². The van der Waals surface area contributed by atoms with Crippen molar-refractivity contribution in [1.82, 2.24) is 19.9 Å². The highest BCUT2D eigenvalue weighted by Gasteiger charge is 2.13. The number of hydrogen-bond donors (Lipinski definition) is 1. The van der Waals surface area contributed by atoms with E-state index >= 15 is 0 Å².